The predicted octanol–water partition coefficient (Wildman–Crippen LogP) is 4.48. The quantitative estimate of drug-likeness (QED) is 0.186. The van der Waals surface area contributed by atoms with Gasteiger partial charge in [-0.1, -0.05) is 36.4 Å². The molecule has 4 rings (SSSR count). The molecule has 0 atom stereocenters. The van der Waals surface area contributed by atoms with E-state index in [4.69, 9.17) is 4.74 Å². The van der Waals surface area contributed by atoms with Crippen molar-refractivity contribution < 1.29 is 22.7 Å². The van der Waals surface area contributed by atoms with Crippen molar-refractivity contribution in [3.8, 4) is 0 Å². The van der Waals surface area contributed by atoms with Gasteiger partial charge in [-0.05, 0) is 61.7 Å². The Bertz CT molecular complexity index is 1450. The first-order valence-corrected chi connectivity index (χ1v) is 13.0. The summed E-state index contributed by atoms with van der Waals surface area (Å²) < 4.78 is 34.7. The third kappa shape index (κ3) is 5.04. The van der Waals surface area contributed by atoms with E-state index in [9.17, 15) is 18.0 Å². The Morgan fingerprint density at radius 1 is 1.08 bits per heavy atom. The summed E-state index contributed by atoms with van der Waals surface area (Å²) in [6.45, 7) is 8.12. The highest BCUT2D eigenvalue weighted by molar-refractivity contribution is 7.92. The van der Waals surface area contributed by atoms with Gasteiger partial charge in [-0.2, -0.15) is 0 Å². The first-order chi connectivity index (χ1) is 17.2. The maximum Gasteiger partial charge on any atom is 0.331 e. The Hall–Kier alpha value is -3.91. The molecule has 0 amide bonds. The molecule has 1 aromatic heterocycles. The molecule has 0 fully saturated rings. The van der Waals surface area contributed by atoms with Gasteiger partial charge in [-0.25, -0.2) is 13.2 Å². The predicted molar refractivity (Wildman–Crippen MR) is 140 cm³/mol. The van der Waals surface area contributed by atoms with Gasteiger partial charge < -0.3 is 9.30 Å². The molecule has 0 spiro atoms. The average molecular weight is 505 g/mol. The third-order valence-corrected chi connectivity index (χ3v) is 8.08. The highest BCUT2D eigenvalue weighted by atomic mass is 32.2. The Labute approximate surface area is 211 Å². The number of anilines is 1. The molecule has 0 saturated heterocycles. The van der Waals surface area contributed by atoms with E-state index >= 15 is 0 Å². The van der Waals surface area contributed by atoms with Crippen LogP contribution in [0.2, 0.25) is 0 Å². The van der Waals surface area contributed by atoms with Crippen LogP contribution in [0.1, 0.15) is 32.9 Å². The molecule has 186 valence electrons. The molecule has 8 heteroatoms. The summed E-state index contributed by atoms with van der Waals surface area (Å²) in [6.07, 6.45) is 5.17. The monoisotopic (exact) mass is 504 g/mol. The van der Waals surface area contributed by atoms with Gasteiger partial charge in [0.1, 0.15) is 0 Å². The molecule has 36 heavy (non-hydrogen) atoms. The van der Waals surface area contributed by atoms with E-state index in [2.05, 4.69) is 6.58 Å². The number of hydrogen-bond acceptors (Lipinski definition) is 5. The van der Waals surface area contributed by atoms with Crippen LogP contribution in [0.25, 0.3) is 6.08 Å². The normalized spacial score (nSPS) is 13.1. The maximum atomic E-state index is 13.1. The number of allylic oxidation sites excluding steroid dienone is 1. The zero-order chi connectivity index (χ0) is 25.9. The number of rotatable bonds is 9. The van der Waals surface area contributed by atoms with Gasteiger partial charge in [-0.3, -0.25) is 9.10 Å². The van der Waals surface area contributed by atoms with Crippen LogP contribution in [-0.2, 0) is 32.5 Å². The number of esters is 1. The molecule has 0 bridgehead atoms. The van der Waals surface area contributed by atoms with Crippen molar-refractivity contribution in [2.45, 2.75) is 31.7 Å². The first-order valence-electron chi connectivity index (χ1n) is 11.6. The number of aryl methyl sites for hydroxylation is 1. The van der Waals surface area contributed by atoms with E-state index in [1.54, 1.807) is 24.3 Å². The van der Waals surface area contributed by atoms with Crippen molar-refractivity contribution in [3.63, 3.8) is 0 Å². The van der Waals surface area contributed by atoms with Crippen molar-refractivity contribution in [1.82, 2.24) is 4.57 Å². The average Bonchev–Trinajstić information content (AvgIpc) is 3.43. The van der Waals surface area contributed by atoms with Crippen molar-refractivity contribution in [2.24, 2.45) is 0 Å². The number of para-hydroxylation sites is 1. The number of nitrogens with zero attached hydrogens (tertiary/aromatic N) is 2. The van der Waals surface area contributed by atoms with Gasteiger partial charge in [-0.15, -0.1) is 6.58 Å². The Morgan fingerprint density at radius 2 is 1.81 bits per heavy atom. The molecule has 2 heterocycles. The molecule has 3 aromatic rings. The Kier molecular flexibility index (Phi) is 7.26. The number of carbonyl (C=O) groups is 2. The van der Waals surface area contributed by atoms with Crippen LogP contribution in [-0.4, -0.2) is 37.9 Å². The van der Waals surface area contributed by atoms with E-state index in [1.807, 2.05) is 42.7 Å². The van der Waals surface area contributed by atoms with Crippen molar-refractivity contribution >= 4 is 33.5 Å². The van der Waals surface area contributed by atoms with E-state index < -0.39 is 16.0 Å². The van der Waals surface area contributed by atoms with Crippen molar-refractivity contribution in [3.05, 3.63) is 101 Å². The molecule has 0 unspecified atom stereocenters. The summed E-state index contributed by atoms with van der Waals surface area (Å²) in [5.74, 6) is -0.938. The molecule has 0 radical (unpaired) electrons. The highest BCUT2D eigenvalue weighted by Crippen LogP contribution is 2.32. The topological polar surface area (TPSA) is 85.7 Å². The molecule has 2 aromatic carbocycles. The van der Waals surface area contributed by atoms with E-state index in [0.29, 0.717) is 36.3 Å². The summed E-state index contributed by atoms with van der Waals surface area (Å²) in [6, 6.07) is 15.5. The van der Waals surface area contributed by atoms with Crippen LogP contribution < -0.4 is 4.31 Å². The van der Waals surface area contributed by atoms with Gasteiger partial charge >= 0.3 is 5.97 Å². The van der Waals surface area contributed by atoms with E-state index in [1.165, 1.54) is 28.6 Å². The fourth-order valence-corrected chi connectivity index (χ4v) is 5.86. The molecular formula is C28H28N2O5S. The van der Waals surface area contributed by atoms with Crippen LogP contribution in [0.15, 0.2) is 78.2 Å². The fraction of sp³-hybridized carbons (Fsp3) is 0.214. The van der Waals surface area contributed by atoms with Crippen LogP contribution in [0.4, 0.5) is 5.69 Å². The Morgan fingerprint density at radius 3 is 2.53 bits per heavy atom. The minimum atomic E-state index is -3.68. The summed E-state index contributed by atoms with van der Waals surface area (Å²) in [5, 5.41) is 0. The smallest absolute Gasteiger partial charge is 0.331 e. The highest BCUT2D eigenvalue weighted by Gasteiger charge is 2.30. The number of ether oxygens (including phenoxy) is 1. The third-order valence-electron chi connectivity index (χ3n) is 6.26. The largest absolute Gasteiger partial charge is 0.454 e. The van der Waals surface area contributed by atoms with Crippen LogP contribution in [0.3, 0.4) is 0 Å². The van der Waals surface area contributed by atoms with Gasteiger partial charge in [0.15, 0.2) is 6.61 Å². The lowest BCUT2D eigenvalue weighted by Gasteiger charge is -2.19. The number of aromatic nitrogens is 1. The lowest BCUT2D eigenvalue weighted by Crippen LogP contribution is -2.29. The second-order valence-corrected chi connectivity index (χ2v) is 10.4. The first kappa shape index (κ1) is 25.2. The van der Waals surface area contributed by atoms with Crippen molar-refractivity contribution in [1.29, 1.82) is 0 Å². The van der Waals surface area contributed by atoms with Crippen LogP contribution >= 0.6 is 0 Å². The second-order valence-electron chi connectivity index (χ2n) is 8.57. The minimum absolute atomic E-state index is 0.179. The zero-order valence-corrected chi connectivity index (χ0v) is 21.1. The molecule has 0 saturated carbocycles. The molecule has 1 aliphatic heterocycles. The zero-order valence-electron chi connectivity index (χ0n) is 20.3. The molecule has 7 nitrogen and oxygen atoms in total. The summed E-state index contributed by atoms with van der Waals surface area (Å²) in [5.41, 5.74) is 4.60. The van der Waals surface area contributed by atoms with Gasteiger partial charge in [0.25, 0.3) is 10.0 Å². The van der Waals surface area contributed by atoms with E-state index in [0.717, 1.165) is 17.0 Å². The van der Waals surface area contributed by atoms with Gasteiger partial charge in [0.2, 0.25) is 5.78 Å². The molecule has 0 N–H and O–H groups in total. The van der Waals surface area contributed by atoms with Gasteiger partial charge in [0.05, 0.1) is 10.6 Å². The number of ketones is 1. The van der Waals surface area contributed by atoms with Crippen LogP contribution in [0.5, 0.6) is 0 Å². The fourth-order valence-electron chi connectivity index (χ4n) is 4.36. The van der Waals surface area contributed by atoms with Crippen LogP contribution in [0, 0.1) is 13.8 Å². The number of sulfonamides is 1. The SMILES string of the molecule is C=CCn1c(C)cc(C(=O)COC(=O)/C=C/c2ccc(S(=O)(=O)N3CCc4ccccc43)cc2)c1C. The van der Waals surface area contributed by atoms with Gasteiger partial charge in [0, 0.05) is 36.1 Å². The molecule has 1 aliphatic rings. The number of fused-ring (bicyclic) bond motifs is 1. The molecule has 0 aliphatic carbocycles. The maximum absolute atomic E-state index is 13.1. The lowest BCUT2D eigenvalue weighted by molar-refractivity contribution is -0.136. The molecular weight excluding hydrogens is 476 g/mol. The van der Waals surface area contributed by atoms with E-state index in [-0.39, 0.29) is 17.3 Å². The summed E-state index contributed by atoms with van der Waals surface area (Å²) in [4.78, 5) is 24.9. The number of Topliss-reactive ketones (excluding diaryl/α,β-unsaturated/α-hetero) is 1. The lowest BCUT2D eigenvalue weighted by atomic mass is 10.1. The minimum Gasteiger partial charge on any atom is -0.454 e. The summed E-state index contributed by atoms with van der Waals surface area (Å²) in [7, 11) is -3.68. The number of benzene rings is 2. The second kappa shape index (κ2) is 10.4. The number of carbonyl (C=O) groups excluding carboxylic acids is 2. The number of hydrogen-bond donors (Lipinski definition) is 0. The summed E-state index contributed by atoms with van der Waals surface area (Å²) >= 11 is 0. The Balaban J connectivity index is 1.37. The van der Waals surface area contributed by atoms with Crippen molar-refractivity contribution in [2.75, 3.05) is 17.5 Å². The standard InChI is InChI=1S/C28H28N2O5S/c1-4-16-29-20(2)18-25(21(29)3)27(31)19-35-28(32)14-11-22-9-12-24(13-10-22)36(33,34)30-17-15-23-7-5-6-8-26(23)30/h4-14,18H,1,15-17,19H2,2-3H3/b14-11+.